The molecule has 2 amide bonds. The molecule has 1 unspecified atom stereocenters. The van der Waals surface area contributed by atoms with Crippen molar-refractivity contribution >= 4 is 29.3 Å². The molecule has 0 radical (unpaired) electrons. The summed E-state index contributed by atoms with van der Waals surface area (Å²) in [5.74, 6) is 1.08. The number of thioether (sulfide) groups is 1. The van der Waals surface area contributed by atoms with E-state index in [1.54, 1.807) is 0 Å². The summed E-state index contributed by atoms with van der Waals surface area (Å²) in [5.41, 5.74) is 2.76. The Bertz CT molecular complexity index is 1050. The largest absolute Gasteiger partial charge is 0.494 e. The minimum Gasteiger partial charge on any atom is -0.494 e. The van der Waals surface area contributed by atoms with E-state index in [4.69, 9.17) is 4.74 Å². The zero-order chi connectivity index (χ0) is 23.6. The summed E-state index contributed by atoms with van der Waals surface area (Å²) in [5, 5.41) is 2.82. The van der Waals surface area contributed by atoms with Gasteiger partial charge < -0.3 is 15.0 Å². The van der Waals surface area contributed by atoms with Crippen molar-refractivity contribution in [2.24, 2.45) is 0 Å². The van der Waals surface area contributed by atoms with Gasteiger partial charge in [-0.15, -0.1) is 11.8 Å². The number of carbonyl (C=O) groups is 2. The van der Waals surface area contributed by atoms with Gasteiger partial charge in [0.15, 0.2) is 0 Å². The fourth-order valence-electron chi connectivity index (χ4n) is 3.51. The second-order valence-electron chi connectivity index (χ2n) is 7.68. The molecule has 33 heavy (non-hydrogen) atoms. The number of hydrogen-bond acceptors (Lipinski definition) is 4. The first-order valence-electron chi connectivity index (χ1n) is 11.0. The summed E-state index contributed by atoms with van der Waals surface area (Å²) in [6, 6.07) is 25.3. The molecule has 3 rings (SSSR count). The van der Waals surface area contributed by atoms with Gasteiger partial charge >= 0.3 is 0 Å². The number of rotatable bonds is 10. The molecule has 1 N–H and O–H groups in total. The van der Waals surface area contributed by atoms with Crippen LogP contribution in [0.4, 0.5) is 5.69 Å². The molecule has 0 bridgehead atoms. The molecule has 0 heterocycles. The van der Waals surface area contributed by atoms with Gasteiger partial charge in [-0.1, -0.05) is 42.5 Å². The maximum atomic E-state index is 13.4. The number of benzene rings is 3. The van der Waals surface area contributed by atoms with Crippen LogP contribution in [-0.2, 0) is 16.1 Å². The van der Waals surface area contributed by atoms with Gasteiger partial charge in [0.1, 0.15) is 5.75 Å². The Hall–Kier alpha value is -3.25. The van der Waals surface area contributed by atoms with Gasteiger partial charge in [-0.2, -0.15) is 0 Å². The number of ether oxygens (including phenoxy) is 1. The third kappa shape index (κ3) is 7.39. The molecule has 6 heteroatoms. The van der Waals surface area contributed by atoms with Crippen LogP contribution in [0.15, 0.2) is 83.8 Å². The number of nitrogens with zero attached hydrogens (tertiary/aromatic N) is 1. The van der Waals surface area contributed by atoms with Gasteiger partial charge in [0.05, 0.1) is 18.4 Å². The van der Waals surface area contributed by atoms with Crippen molar-refractivity contribution in [1.82, 2.24) is 4.90 Å². The van der Waals surface area contributed by atoms with Crippen LogP contribution in [0.3, 0.4) is 0 Å². The van der Waals surface area contributed by atoms with Gasteiger partial charge in [-0.25, -0.2) is 0 Å². The lowest BCUT2D eigenvalue weighted by atomic mass is 10.0. The van der Waals surface area contributed by atoms with Crippen molar-refractivity contribution in [3.63, 3.8) is 0 Å². The summed E-state index contributed by atoms with van der Waals surface area (Å²) in [6.45, 7) is 6.60. The van der Waals surface area contributed by atoms with Crippen molar-refractivity contribution in [3.05, 3.63) is 90.0 Å². The van der Waals surface area contributed by atoms with Crippen LogP contribution in [0, 0.1) is 0 Å². The molecule has 1 atom stereocenters. The number of anilines is 1. The van der Waals surface area contributed by atoms with Crippen molar-refractivity contribution in [1.29, 1.82) is 0 Å². The first-order valence-corrected chi connectivity index (χ1v) is 12.0. The summed E-state index contributed by atoms with van der Waals surface area (Å²) < 4.78 is 5.49. The van der Waals surface area contributed by atoms with Gasteiger partial charge in [0.2, 0.25) is 11.8 Å². The fourth-order valence-corrected chi connectivity index (χ4v) is 4.29. The fraction of sp³-hybridized carbons (Fsp3) is 0.259. The summed E-state index contributed by atoms with van der Waals surface area (Å²) in [6.07, 6.45) is 0. The molecule has 0 aliphatic rings. The molecule has 0 saturated heterocycles. The zero-order valence-corrected chi connectivity index (χ0v) is 20.1. The predicted molar refractivity (Wildman–Crippen MR) is 134 cm³/mol. The zero-order valence-electron chi connectivity index (χ0n) is 19.3. The second kappa shape index (κ2) is 12.1. The monoisotopic (exact) mass is 462 g/mol. The van der Waals surface area contributed by atoms with Crippen LogP contribution >= 0.6 is 11.8 Å². The van der Waals surface area contributed by atoms with E-state index in [0.29, 0.717) is 18.9 Å². The third-order valence-corrected chi connectivity index (χ3v) is 6.17. The highest BCUT2D eigenvalue weighted by molar-refractivity contribution is 8.00. The maximum Gasteiger partial charge on any atom is 0.233 e. The molecule has 0 saturated carbocycles. The molecule has 3 aromatic carbocycles. The molecule has 5 nitrogen and oxygen atoms in total. The van der Waals surface area contributed by atoms with E-state index in [1.165, 1.54) is 18.7 Å². The molecule has 0 spiro atoms. The maximum absolute atomic E-state index is 13.4. The van der Waals surface area contributed by atoms with Crippen LogP contribution < -0.4 is 10.1 Å². The average molecular weight is 463 g/mol. The Balaban J connectivity index is 1.77. The van der Waals surface area contributed by atoms with Gasteiger partial charge in [-0.3, -0.25) is 9.59 Å². The smallest absolute Gasteiger partial charge is 0.233 e. The lowest BCUT2D eigenvalue weighted by molar-refractivity contribution is -0.131. The SMILES string of the molecule is CCOc1ccc(SCC(=O)N(Cc2ccccc2)C(C)c2cccc(NC(C)=O)c2)cc1. The number of carbonyl (C=O) groups excluding carboxylic acids is 2. The van der Waals surface area contributed by atoms with Crippen molar-refractivity contribution < 1.29 is 14.3 Å². The van der Waals surface area contributed by atoms with Crippen molar-refractivity contribution in [2.75, 3.05) is 17.7 Å². The van der Waals surface area contributed by atoms with Crippen molar-refractivity contribution in [3.8, 4) is 5.75 Å². The van der Waals surface area contributed by atoms with E-state index < -0.39 is 0 Å². The topological polar surface area (TPSA) is 58.6 Å². The van der Waals surface area contributed by atoms with Crippen LogP contribution in [0.2, 0.25) is 0 Å². The summed E-state index contributed by atoms with van der Waals surface area (Å²) >= 11 is 1.51. The predicted octanol–water partition coefficient (Wildman–Crippen LogP) is 5.93. The highest BCUT2D eigenvalue weighted by atomic mass is 32.2. The quantitative estimate of drug-likeness (QED) is 0.380. The first kappa shape index (κ1) is 24.4. The standard InChI is InChI=1S/C27H30N2O3S/c1-4-32-25-13-15-26(16-14-25)33-19-27(31)29(18-22-9-6-5-7-10-22)20(2)23-11-8-12-24(17-23)28-21(3)30/h5-17,20H,4,18-19H2,1-3H3,(H,28,30). The van der Waals surface area contributed by atoms with Crippen LogP contribution in [-0.4, -0.2) is 29.1 Å². The highest BCUT2D eigenvalue weighted by Crippen LogP contribution is 2.28. The van der Waals surface area contributed by atoms with E-state index in [1.807, 2.05) is 97.6 Å². The Morgan fingerprint density at radius 3 is 2.39 bits per heavy atom. The average Bonchev–Trinajstić information content (AvgIpc) is 2.82. The summed E-state index contributed by atoms with van der Waals surface area (Å²) in [7, 11) is 0. The Morgan fingerprint density at radius 1 is 1.00 bits per heavy atom. The Morgan fingerprint density at radius 2 is 1.73 bits per heavy atom. The Labute approximate surface area is 200 Å². The number of nitrogens with one attached hydrogen (secondary N) is 1. The molecule has 0 aliphatic carbocycles. The van der Waals surface area contributed by atoms with Gasteiger partial charge in [-0.05, 0) is 61.4 Å². The lowest BCUT2D eigenvalue weighted by Crippen LogP contribution is -2.34. The first-order chi connectivity index (χ1) is 16.0. The minimum absolute atomic E-state index is 0.0511. The van der Waals surface area contributed by atoms with E-state index in [0.717, 1.165) is 27.5 Å². The number of amides is 2. The van der Waals surface area contributed by atoms with E-state index >= 15 is 0 Å². The molecule has 0 aromatic heterocycles. The summed E-state index contributed by atoms with van der Waals surface area (Å²) in [4.78, 5) is 27.8. The van der Waals surface area contributed by atoms with Crippen LogP contribution in [0.5, 0.6) is 5.75 Å². The molecule has 0 fully saturated rings. The normalized spacial score (nSPS) is 11.5. The molecular formula is C27H30N2O3S. The molecule has 172 valence electrons. The number of hydrogen-bond donors (Lipinski definition) is 1. The van der Waals surface area contributed by atoms with E-state index in [-0.39, 0.29) is 17.9 Å². The molecule has 3 aromatic rings. The van der Waals surface area contributed by atoms with E-state index in [2.05, 4.69) is 5.32 Å². The Kier molecular flexibility index (Phi) is 8.95. The van der Waals surface area contributed by atoms with Gasteiger partial charge in [0, 0.05) is 24.1 Å². The van der Waals surface area contributed by atoms with Crippen LogP contribution in [0.1, 0.15) is 37.9 Å². The van der Waals surface area contributed by atoms with Gasteiger partial charge in [0.25, 0.3) is 0 Å². The highest BCUT2D eigenvalue weighted by Gasteiger charge is 2.22. The van der Waals surface area contributed by atoms with Crippen LogP contribution in [0.25, 0.3) is 0 Å². The third-order valence-electron chi connectivity index (χ3n) is 5.17. The van der Waals surface area contributed by atoms with E-state index in [9.17, 15) is 9.59 Å². The lowest BCUT2D eigenvalue weighted by Gasteiger charge is -2.30. The van der Waals surface area contributed by atoms with Crippen molar-refractivity contribution in [2.45, 2.75) is 38.3 Å². The molecule has 0 aliphatic heterocycles. The second-order valence-corrected chi connectivity index (χ2v) is 8.73. The minimum atomic E-state index is -0.160. The molecular weight excluding hydrogens is 432 g/mol.